The molecule has 0 spiro atoms. The first-order chi connectivity index (χ1) is 15.9. The van der Waals surface area contributed by atoms with Crippen molar-refractivity contribution in [2.24, 2.45) is 0 Å². The van der Waals surface area contributed by atoms with Crippen LogP contribution < -0.4 is 10.9 Å². The van der Waals surface area contributed by atoms with E-state index in [2.05, 4.69) is 15.3 Å². The zero-order valence-corrected chi connectivity index (χ0v) is 19.1. The fourth-order valence-corrected chi connectivity index (χ4v) is 4.34. The van der Waals surface area contributed by atoms with E-state index in [-0.39, 0.29) is 23.6 Å². The molecule has 0 saturated carbocycles. The number of benzene rings is 1. The third kappa shape index (κ3) is 5.87. The van der Waals surface area contributed by atoms with E-state index in [4.69, 9.17) is 11.6 Å². The summed E-state index contributed by atoms with van der Waals surface area (Å²) in [6, 6.07) is 14.6. The van der Waals surface area contributed by atoms with Crippen molar-refractivity contribution < 1.29 is 9.90 Å². The lowest BCUT2D eigenvalue weighted by atomic mass is 10.0. The molecule has 1 saturated heterocycles. The number of hydrogen-bond acceptors (Lipinski definition) is 5. The van der Waals surface area contributed by atoms with E-state index in [1.54, 1.807) is 42.5 Å². The van der Waals surface area contributed by atoms with Crippen LogP contribution in [0.25, 0.3) is 0 Å². The van der Waals surface area contributed by atoms with Gasteiger partial charge in [0, 0.05) is 55.3 Å². The van der Waals surface area contributed by atoms with Crippen LogP contribution in [0, 0.1) is 0 Å². The number of aliphatic hydroxyl groups is 1. The zero-order valence-electron chi connectivity index (χ0n) is 18.4. The maximum atomic E-state index is 12.7. The summed E-state index contributed by atoms with van der Waals surface area (Å²) in [6.07, 6.45) is 5.27. The topological polar surface area (TPSA) is 98.3 Å². The number of amides is 1. The monoisotopic (exact) mass is 466 g/mol. The third-order valence-electron chi connectivity index (χ3n) is 6.05. The van der Waals surface area contributed by atoms with Gasteiger partial charge in [0.25, 0.3) is 5.91 Å². The molecule has 7 nitrogen and oxygen atoms in total. The van der Waals surface area contributed by atoms with Crippen LogP contribution >= 0.6 is 11.6 Å². The predicted octanol–water partition coefficient (Wildman–Crippen LogP) is 3.09. The molecule has 1 aliphatic rings. The Balaban J connectivity index is 1.31. The van der Waals surface area contributed by atoms with Crippen molar-refractivity contribution in [3.8, 4) is 0 Å². The van der Waals surface area contributed by atoms with Crippen LogP contribution in [0.5, 0.6) is 0 Å². The standard InChI is InChI=1S/C25H27ClN4O3/c1-30(15-17-4-11-23(31)28-13-17)25(33)18-5-2-16(3-6-18)12-20-8-9-21(29-20)24(32)19-7-10-22(26)27-14-19/h2-7,10-11,13-14,20-21,24,29,32H,8-9,12,15H2,1H3,(H,28,31)/t20-,21+,24+/m0/s1. The molecule has 3 atom stereocenters. The van der Waals surface area contributed by atoms with E-state index >= 15 is 0 Å². The van der Waals surface area contributed by atoms with Crippen molar-refractivity contribution in [1.82, 2.24) is 20.2 Å². The quantitative estimate of drug-likeness (QED) is 0.465. The van der Waals surface area contributed by atoms with Crippen molar-refractivity contribution in [3.63, 3.8) is 0 Å². The number of pyridine rings is 2. The largest absolute Gasteiger partial charge is 0.387 e. The molecule has 3 N–H and O–H groups in total. The second-order valence-corrected chi connectivity index (χ2v) is 8.92. The molecule has 3 heterocycles. The van der Waals surface area contributed by atoms with E-state index < -0.39 is 6.10 Å². The first-order valence-corrected chi connectivity index (χ1v) is 11.3. The van der Waals surface area contributed by atoms with Gasteiger partial charge in [0.1, 0.15) is 5.15 Å². The Hall–Kier alpha value is -3.00. The summed E-state index contributed by atoms with van der Waals surface area (Å²) in [4.78, 5) is 32.2. The maximum Gasteiger partial charge on any atom is 0.253 e. The molecule has 3 aromatic rings. The van der Waals surface area contributed by atoms with Gasteiger partial charge in [-0.3, -0.25) is 9.59 Å². The highest BCUT2D eigenvalue weighted by molar-refractivity contribution is 6.29. The summed E-state index contributed by atoms with van der Waals surface area (Å²) in [7, 11) is 1.74. The minimum Gasteiger partial charge on any atom is -0.387 e. The number of rotatable bonds is 7. The molecule has 1 aromatic carbocycles. The Morgan fingerprint density at radius 2 is 1.91 bits per heavy atom. The van der Waals surface area contributed by atoms with Crippen LogP contribution in [-0.2, 0) is 13.0 Å². The lowest BCUT2D eigenvalue weighted by Gasteiger charge is -2.20. The summed E-state index contributed by atoms with van der Waals surface area (Å²) in [6.45, 7) is 0.413. The Bertz CT molecular complexity index is 1130. The van der Waals surface area contributed by atoms with Gasteiger partial charge in [-0.05, 0) is 48.6 Å². The Kier molecular flexibility index (Phi) is 7.23. The van der Waals surface area contributed by atoms with Crippen LogP contribution in [0.15, 0.2) is 65.7 Å². The molecule has 8 heteroatoms. The summed E-state index contributed by atoms with van der Waals surface area (Å²) < 4.78 is 0. The number of aliphatic hydroxyl groups excluding tert-OH is 1. The van der Waals surface area contributed by atoms with E-state index in [0.29, 0.717) is 17.3 Å². The van der Waals surface area contributed by atoms with Crippen LogP contribution in [0.3, 0.4) is 0 Å². The van der Waals surface area contributed by atoms with Crippen molar-refractivity contribution in [3.05, 3.63) is 98.7 Å². The number of carbonyl (C=O) groups is 1. The number of nitrogens with one attached hydrogen (secondary N) is 2. The highest BCUT2D eigenvalue weighted by Crippen LogP contribution is 2.27. The highest BCUT2D eigenvalue weighted by Gasteiger charge is 2.30. The van der Waals surface area contributed by atoms with Crippen LogP contribution in [0.4, 0.5) is 0 Å². The molecular formula is C25H27ClN4O3. The normalized spacial score (nSPS) is 18.8. The smallest absolute Gasteiger partial charge is 0.253 e. The van der Waals surface area contributed by atoms with Gasteiger partial charge in [0.2, 0.25) is 5.56 Å². The van der Waals surface area contributed by atoms with Gasteiger partial charge < -0.3 is 20.3 Å². The van der Waals surface area contributed by atoms with Crippen LogP contribution in [-0.4, -0.2) is 45.0 Å². The van der Waals surface area contributed by atoms with Crippen LogP contribution in [0.1, 0.15) is 46.0 Å². The van der Waals surface area contributed by atoms with E-state index in [9.17, 15) is 14.7 Å². The van der Waals surface area contributed by atoms with Gasteiger partial charge in [0.15, 0.2) is 0 Å². The van der Waals surface area contributed by atoms with Gasteiger partial charge in [-0.25, -0.2) is 4.98 Å². The first-order valence-electron chi connectivity index (χ1n) is 11.0. The average molecular weight is 467 g/mol. The molecule has 33 heavy (non-hydrogen) atoms. The van der Waals surface area contributed by atoms with E-state index in [0.717, 1.165) is 36.0 Å². The van der Waals surface area contributed by atoms with Crippen molar-refractivity contribution in [2.75, 3.05) is 7.05 Å². The molecule has 0 bridgehead atoms. The molecule has 2 aromatic heterocycles. The first kappa shape index (κ1) is 23.2. The number of aromatic nitrogens is 2. The van der Waals surface area contributed by atoms with Gasteiger partial charge >= 0.3 is 0 Å². The number of carbonyl (C=O) groups excluding carboxylic acids is 1. The average Bonchev–Trinajstić information content (AvgIpc) is 3.29. The number of nitrogens with zero attached hydrogens (tertiary/aromatic N) is 2. The maximum absolute atomic E-state index is 12.7. The fourth-order valence-electron chi connectivity index (χ4n) is 4.23. The molecule has 0 radical (unpaired) electrons. The van der Waals surface area contributed by atoms with Gasteiger partial charge in [0.05, 0.1) is 6.10 Å². The molecule has 172 valence electrons. The molecule has 1 aliphatic heterocycles. The number of H-pyrrole nitrogens is 1. The summed E-state index contributed by atoms with van der Waals surface area (Å²) in [5.41, 5.74) is 3.21. The predicted molar refractivity (Wildman–Crippen MR) is 127 cm³/mol. The second-order valence-electron chi connectivity index (χ2n) is 8.53. The fraction of sp³-hybridized carbons (Fsp3) is 0.320. The van der Waals surface area contributed by atoms with Crippen molar-refractivity contribution in [2.45, 2.75) is 44.0 Å². The van der Waals surface area contributed by atoms with Crippen LogP contribution in [0.2, 0.25) is 5.15 Å². The lowest BCUT2D eigenvalue weighted by Crippen LogP contribution is -2.35. The molecule has 0 aliphatic carbocycles. The van der Waals surface area contributed by atoms with Gasteiger partial charge in [-0.2, -0.15) is 0 Å². The van der Waals surface area contributed by atoms with Gasteiger partial charge in [-0.15, -0.1) is 0 Å². The minimum atomic E-state index is -0.627. The SMILES string of the molecule is CN(Cc1ccc(=O)[nH]c1)C(=O)c1ccc(C[C@@H]2CC[C@H]([C@H](O)c3ccc(Cl)nc3)N2)cc1. The Labute approximate surface area is 197 Å². The van der Waals surface area contributed by atoms with Crippen molar-refractivity contribution >= 4 is 17.5 Å². The number of hydrogen-bond donors (Lipinski definition) is 3. The Morgan fingerprint density at radius 3 is 2.58 bits per heavy atom. The molecular weight excluding hydrogens is 440 g/mol. The van der Waals surface area contributed by atoms with Gasteiger partial charge in [-0.1, -0.05) is 35.9 Å². The number of aromatic amines is 1. The Morgan fingerprint density at radius 1 is 1.15 bits per heavy atom. The minimum absolute atomic E-state index is 0.0274. The molecule has 1 fully saturated rings. The second kappa shape index (κ2) is 10.3. The zero-order chi connectivity index (χ0) is 23.4. The van der Waals surface area contributed by atoms with E-state index in [1.807, 2.05) is 24.3 Å². The molecule has 0 unspecified atom stereocenters. The highest BCUT2D eigenvalue weighted by atomic mass is 35.5. The number of halogens is 1. The summed E-state index contributed by atoms with van der Waals surface area (Å²) in [5.74, 6) is -0.0773. The summed E-state index contributed by atoms with van der Waals surface area (Å²) >= 11 is 5.84. The third-order valence-corrected chi connectivity index (χ3v) is 6.27. The van der Waals surface area contributed by atoms with Crippen molar-refractivity contribution in [1.29, 1.82) is 0 Å². The molecule has 4 rings (SSSR count). The summed E-state index contributed by atoms with van der Waals surface area (Å²) in [5, 5.41) is 14.6. The van der Waals surface area contributed by atoms with E-state index in [1.165, 1.54) is 6.07 Å². The lowest BCUT2D eigenvalue weighted by molar-refractivity contribution is 0.0785. The molecule has 1 amide bonds.